The molecule has 0 aliphatic carbocycles. The number of ether oxygens (including phenoxy) is 1. The molecule has 3 rings (SSSR count). The Labute approximate surface area is 158 Å². The molecular weight excluding hydrogens is 374 g/mol. The second-order valence-corrected chi connectivity index (χ2v) is 8.13. The molecule has 1 fully saturated rings. The smallest absolute Gasteiger partial charge is 0.243 e. The normalized spacial score (nSPS) is 18.3. The molecule has 0 amide bonds. The van der Waals surface area contributed by atoms with Crippen LogP contribution in [0.3, 0.4) is 0 Å². The Morgan fingerprint density at radius 1 is 1.31 bits per heavy atom. The van der Waals surface area contributed by atoms with Crippen LogP contribution in [0, 0.1) is 11.3 Å². The topological polar surface area (TPSA) is 82.4 Å². The van der Waals surface area contributed by atoms with E-state index in [1.807, 2.05) is 30.3 Å². The SMILES string of the molecule is COc1ccccc1C1CNCCN1S(=O)(=O)c1ccc(Cl)c(C#N)c1. The van der Waals surface area contributed by atoms with Gasteiger partial charge >= 0.3 is 0 Å². The number of methoxy groups -OCH3 is 1. The first-order valence-electron chi connectivity index (χ1n) is 8.04. The van der Waals surface area contributed by atoms with Crippen LogP contribution in [0.1, 0.15) is 17.2 Å². The lowest BCUT2D eigenvalue weighted by Crippen LogP contribution is -2.48. The van der Waals surface area contributed by atoms with Crippen molar-refractivity contribution in [2.24, 2.45) is 0 Å². The van der Waals surface area contributed by atoms with Gasteiger partial charge in [0.05, 0.1) is 28.6 Å². The number of sulfonamides is 1. The minimum atomic E-state index is -3.81. The van der Waals surface area contributed by atoms with Crippen LogP contribution in [0.4, 0.5) is 0 Å². The molecule has 0 saturated carbocycles. The van der Waals surface area contributed by atoms with Gasteiger partial charge in [0.25, 0.3) is 0 Å². The van der Waals surface area contributed by atoms with Crippen LogP contribution < -0.4 is 10.1 Å². The number of rotatable bonds is 4. The van der Waals surface area contributed by atoms with Gasteiger partial charge in [0.1, 0.15) is 11.8 Å². The van der Waals surface area contributed by atoms with E-state index in [2.05, 4.69) is 5.32 Å². The molecule has 1 saturated heterocycles. The molecule has 26 heavy (non-hydrogen) atoms. The molecule has 136 valence electrons. The van der Waals surface area contributed by atoms with Crippen LogP contribution in [-0.2, 0) is 10.0 Å². The minimum absolute atomic E-state index is 0.0558. The lowest BCUT2D eigenvalue weighted by atomic mass is 10.0. The molecule has 0 aromatic heterocycles. The Kier molecular flexibility index (Phi) is 5.49. The number of para-hydroxylation sites is 1. The summed E-state index contributed by atoms with van der Waals surface area (Å²) in [6.45, 7) is 1.33. The first-order valence-corrected chi connectivity index (χ1v) is 9.86. The van der Waals surface area contributed by atoms with Crippen molar-refractivity contribution in [2.45, 2.75) is 10.9 Å². The number of benzene rings is 2. The Hall–Kier alpha value is -2.11. The summed E-state index contributed by atoms with van der Waals surface area (Å²) >= 11 is 5.94. The van der Waals surface area contributed by atoms with Crippen LogP contribution in [0.2, 0.25) is 5.02 Å². The van der Waals surface area contributed by atoms with E-state index in [-0.39, 0.29) is 15.5 Å². The fraction of sp³-hybridized carbons (Fsp3) is 0.278. The molecule has 1 heterocycles. The number of halogens is 1. The Balaban J connectivity index is 2.06. The first kappa shape index (κ1) is 18.7. The zero-order chi connectivity index (χ0) is 18.7. The minimum Gasteiger partial charge on any atom is -0.496 e. The van der Waals surface area contributed by atoms with Crippen LogP contribution in [-0.4, -0.2) is 39.5 Å². The highest BCUT2D eigenvalue weighted by atomic mass is 35.5. The molecule has 1 atom stereocenters. The number of hydrogen-bond donors (Lipinski definition) is 1. The van der Waals surface area contributed by atoms with Crippen molar-refractivity contribution in [2.75, 3.05) is 26.7 Å². The number of nitrogens with zero attached hydrogens (tertiary/aromatic N) is 2. The summed E-state index contributed by atoms with van der Waals surface area (Å²) in [5, 5.41) is 12.6. The highest BCUT2D eigenvalue weighted by Crippen LogP contribution is 2.34. The quantitative estimate of drug-likeness (QED) is 0.866. The van der Waals surface area contributed by atoms with E-state index >= 15 is 0 Å². The fourth-order valence-electron chi connectivity index (χ4n) is 3.07. The van der Waals surface area contributed by atoms with Crippen LogP contribution in [0.5, 0.6) is 5.75 Å². The maximum absolute atomic E-state index is 13.3. The van der Waals surface area contributed by atoms with Crippen molar-refractivity contribution < 1.29 is 13.2 Å². The van der Waals surface area contributed by atoms with Crippen molar-refractivity contribution in [3.05, 3.63) is 58.6 Å². The second-order valence-electron chi connectivity index (χ2n) is 5.83. The van der Waals surface area contributed by atoms with Gasteiger partial charge in [-0.15, -0.1) is 0 Å². The maximum atomic E-state index is 13.3. The molecule has 1 unspecified atom stereocenters. The summed E-state index contributed by atoms with van der Waals surface area (Å²) in [5.74, 6) is 0.634. The van der Waals surface area contributed by atoms with Gasteiger partial charge in [-0.05, 0) is 24.3 Å². The standard InChI is InChI=1S/C18H18ClN3O3S/c1-25-18-5-3-2-4-15(18)17-12-21-8-9-22(17)26(23,24)14-6-7-16(19)13(10-14)11-20/h2-7,10,17,21H,8-9,12H2,1H3. The molecule has 8 heteroatoms. The molecule has 1 aliphatic rings. The van der Waals surface area contributed by atoms with Crippen LogP contribution >= 0.6 is 11.6 Å². The first-order chi connectivity index (χ1) is 12.5. The Morgan fingerprint density at radius 2 is 2.08 bits per heavy atom. The van der Waals surface area contributed by atoms with Crippen molar-refractivity contribution in [1.82, 2.24) is 9.62 Å². The zero-order valence-corrected chi connectivity index (χ0v) is 15.7. The molecule has 0 spiro atoms. The lowest BCUT2D eigenvalue weighted by Gasteiger charge is -2.36. The zero-order valence-electron chi connectivity index (χ0n) is 14.1. The summed E-state index contributed by atoms with van der Waals surface area (Å²) in [5.41, 5.74) is 0.928. The second kappa shape index (κ2) is 7.64. The number of nitrogens with one attached hydrogen (secondary N) is 1. The summed E-state index contributed by atoms with van der Waals surface area (Å²) in [6, 6.07) is 13.1. The van der Waals surface area contributed by atoms with Gasteiger partial charge in [-0.3, -0.25) is 0 Å². The van der Waals surface area contributed by atoms with Crippen LogP contribution in [0.15, 0.2) is 47.4 Å². The molecular formula is C18H18ClN3O3S. The third-order valence-electron chi connectivity index (χ3n) is 4.36. The third kappa shape index (κ3) is 3.41. The largest absolute Gasteiger partial charge is 0.496 e. The monoisotopic (exact) mass is 391 g/mol. The number of nitriles is 1. The van der Waals surface area contributed by atoms with Crippen molar-refractivity contribution in [3.8, 4) is 11.8 Å². The average Bonchev–Trinajstić information content (AvgIpc) is 2.68. The van der Waals surface area contributed by atoms with E-state index in [0.717, 1.165) is 5.56 Å². The molecule has 1 aliphatic heterocycles. The summed E-state index contributed by atoms with van der Waals surface area (Å²) in [7, 11) is -2.24. The van der Waals surface area contributed by atoms with Crippen molar-refractivity contribution >= 4 is 21.6 Å². The van der Waals surface area contributed by atoms with Gasteiger partial charge in [-0.25, -0.2) is 8.42 Å². The van der Waals surface area contributed by atoms with E-state index in [1.165, 1.54) is 22.5 Å². The summed E-state index contributed by atoms with van der Waals surface area (Å²) in [4.78, 5) is 0.0558. The summed E-state index contributed by atoms with van der Waals surface area (Å²) < 4.78 is 33.4. The highest BCUT2D eigenvalue weighted by Gasteiger charge is 2.36. The van der Waals surface area contributed by atoms with Gasteiger partial charge in [0.15, 0.2) is 0 Å². The Morgan fingerprint density at radius 3 is 2.81 bits per heavy atom. The Bertz CT molecular complexity index is 956. The van der Waals surface area contributed by atoms with E-state index < -0.39 is 16.1 Å². The van der Waals surface area contributed by atoms with E-state index in [4.69, 9.17) is 21.6 Å². The molecule has 1 N–H and O–H groups in total. The maximum Gasteiger partial charge on any atom is 0.243 e. The van der Waals surface area contributed by atoms with E-state index in [9.17, 15) is 8.42 Å². The number of hydrogen-bond acceptors (Lipinski definition) is 5. The number of piperazine rings is 1. The van der Waals surface area contributed by atoms with Crippen molar-refractivity contribution in [1.29, 1.82) is 5.26 Å². The third-order valence-corrected chi connectivity index (χ3v) is 6.59. The predicted molar refractivity (Wildman–Crippen MR) is 98.7 cm³/mol. The lowest BCUT2D eigenvalue weighted by molar-refractivity contribution is 0.264. The van der Waals surface area contributed by atoms with Gasteiger partial charge in [-0.1, -0.05) is 29.8 Å². The fourth-order valence-corrected chi connectivity index (χ4v) is 4.86. The molecule has 0 radical (unpaired) electrons. The molecule has 2 aromatic rings. The molecule has 0 bridgehead atoms. The summed E-state index contributed by atoms with van der Waals surface area (Å²) in [6.07, 6.45) is 0. The van der Waals surface area contributed by atoms with Gasteiger partial charge in [0, 0.05) is 25.2 Å². The van der Waals surface area contributed by atoms with Crippen molar-refractivity contribution in [3.63, 3.8) is 0 Å². The van der Waals surface area contributed by atoms with E-state index in [0.29, 0.717) is 25.4 Å². The predicted octanol–water partition coefficient (Wildman–Crippen LogP) is 2.56. The van der Waals surface area contributed by atoms with Gasteiger partial charge in [0.2, 0.25) is 10.0 Å². The molecule has 6 nitrogen and oxygen atoms in total. The average molecular weight is 392 g/mol. The highest BCUT2D eigenvalue weighted by molar-refractivity contribution is 7.89. The van der Waals surface area contributed by atoms with Gasteiger partial charge < -0.3 is 10.1 Å². The van der Waals surface area contributed by atoms with E-state index in [1.54, 1.807) is 7.11 Å². The molecule has 2 aromatic carbocycles. The van der Waals surface area contributed by atoms with Crippen LogP contribution in [0.25, 0.3) is 0 Å². The van der Waals surface area contributed by atoms with Gasteiger partial charge in [-0.2, -0.15) is 9.57 Å².